The molecule has 1 aliphatic rings. The van der Waals surface area contributed by atoms with E-state index in [1.807, 2.05) is 0 Å². The van der Waals surface area contributed by atoms with E-state index in [9.17, 15) is 14.4 Å². The molecule has 2 aromatic carbocycles. The normalized spacial score (nSPS) is 13.7. The van der Waals surface area contributed by atoms with Gasteiger partial charge in [0, 0.05) is 49.4 Å². The summed E-state index contributed by atoms with van der Waals surface area (Å²) >= 11 is 5.83. The molecule has 0 aromatic heterocycles. The van der Waals surface area contributed by atoms with E-state index in [2.05, 4.69) is 5.32 Å². The molecule has 1 fully saturated rings. The number of nitrogens with one attached hydrogen (secondary N) is 1. The monoisotopic (exact) mass is 415 g/mol. The second-order valence-corrected chi connectivity index (χ2v) is 7.10. The smallest absolute Gasteiger partial charge is 0.260 e. The molecule has 1 aliphatic heterocycles. The summed E-state index contributed by atoms with van der Waals surface area (Å²) in [7, 11) is 0. The van der Waals surface area contributed by atoms with Crippen LogP contribution in [0.4, 0.5) is 5.69 Å². The van der Waals surface area contributed by atoms with Crippen molar-refractivity contribution in [2.45, 2.75) is 6.92 Å². The molecule has 0 bridgehead atoms. The fourth-order valence-electron chi connectivity index (χ4n) is 2.95. The topological polar surface area (TPSA) is 79.0 Å². The van der Waals surface area contributed by atoms with Crippen molar-refractivity contribution in [3.05, 3.63) is 59.1 Å². The Morgan fingerprint density at radius 2 is 1.52 bits per heavy atom. The van der Waals surface area contributed by atoms with Crippen LogP contribution in [0.25, 0.3) is 0 Å². The van der Waals surface area contributed by atoms with Gasteiger partial charge in [-0.15, -0.1) is 0 Å². The third kappa shape index (κ3) is 5.71. The van der Waals surface area contributed by atoms with Crippen LogP contribution in [0, 0.1) is 0 Å². The number of amides is 3. The Hall–Kier alpha value is -3.06. The maximum absolute atomic E-state index is 12.3. The molecular formula is C21H22ClN3O4. The zero-order chi connectivity index (χ0) is 20.8. The van der Waals surface area contributed by atoms with Gasteiger partial charge in [-0.1, -0.05) is 11.6 Å². The van der Waals surface area contributed by atoms with Crippen molar-refractivity contribution in [2.75, 3.05) is 38.1 Å². The van der Waals surface area contributed by atoms with Crippen LogP contribution in [0.5, 0.6) is 5.75 Å². The van der Waals surface area contributed by atoms with Gasteiger partial charge in [-0.05, 0) is 48.5 Å². The number of hydrogen-bond acceptors (Lipinski definition) is 4. The first-order valence-corrected chi connectivity index (χ1v) is 9.63. The number of carbonyl (C=O) groups excluding carboxylic acids is 3. The molecule has 0 radical (unpaired) electrons. The van der Waals surface area contributed by atoms with Gasteiger partial charge in [0.05, 0.1) is 0 Å². The van der Waals surface area contributed by atoms with Crippen LogP contribution >= 0.6 is 11.6 Å². The minimum Gasteiger partial charge on any atom is -0.484 e. The van der Waals surface area contributed by atoms with Crippen LogP contribution in [0.2, 0.25) is 5.02 Å². The van der Waals surface area contributed by atoms with Gasteiger partial charge in [-0.3, -0.25) is 14.4 Å². The Morgan fingerprint density at radius 1 is 0.931 bits per heavy atom. The lowest BCUT2D eigenvalue weighted by atomic mass is 10.2. The average Bonchev–Trinajstić information content (AvgIpc) is 2.73. The second kappa shape index (κ2) is 9.43. The van der Waals surface area contributed by atoms with Crippen molar-refractivity contribution >= 4 is 35.0 Å². The van der Waals surface area contributed by atoms with Crippen molar-refractivity contribution in [3.8, 4) is 5.75 Å². The van der Waals surface area contributed by atoms with Crippen LogP contribution in [0.3, 0.4) is 0 Å². The van der Waals surface area contributed by atoms with Gasteiger partial charge in [0.15, 0.2) is 6.61 Å². The lowest BCUT2D eigenvalue weighted by Crippen LogP contribution is -2.51. The summed E-state index contributed by atoms with van der Waals surface area (Å²) < 4.78 is 5.55. The minimum atomic E-state index is -0.241. The van der Waals surface area contributed by atoms with E-state index < -0.39 is 0 Å². The molecule has 1 heterocycles. The van der Waals surface area contributed by atoms with Gasteiger partial charge >= 0.3 is 0 Å². The molecule has 0 spiro atoms. The highest BCUT2D eigenvalue weighted by Crippen LogP contribution is 2.17. The first kappa shape index (κ1) is 20.7. The molecule has 1 N–H and O–H groups in total. The molecule has 8 heteroatoms. The van der Waals surface area contributed by atoms with E-state index in [0.29, 0.717) is 48.2 Å². The van der Waals surface area contributed by atoms with Crippen LogP contribution in [0.1, 0.15) is 17.3 Å². The van der Waals surface area contributed by atoms with Crippen molar-refractivity contribution in [1.82, 2.24) is 9.80 Å². The molecule has 0 saturated carbocycles. The van der Waals surface area contributed by atoms with Crippen molar-refractivity contribution in [1.29, 1.82) is 0 Å². The molecule has 0 atom stereocenters. The van der Waals surface area contributed by atoms with Crippen LogP contribution < -0.4 is 10.1 Å². The van der Waals surface area contributed by atoms with Crippen molar-refractivity contribution < 1.29 is 19.1 Å². The lowest BCUT2D eigenvalue weighted by Gasteiger charge is -2.34. The SMILES string of the molecule is CC(=O)N1CCN(C(=O)COc2ccc(NC(=O)c3ccc(Cl)cc3)cc2)CC1. The first-order chi connectivity index (χ1) is 13.9. The molecular weight excluding hydrogens is 394 g/mol. The fourth-order valence-corrected chi connectivity index (χ4v) is 3.07. The summed E-state index contributed by atoms with van der Waals surface area (Å²) in [6, 6.07) is 13.4. The lowest BCUT2D eigenvalue weighted by molar-refractivity contribution is -0.139. The van der Waals surface area contributed by atoms with Crippen molar-refractivity contribution in [3.63, 3.8) is 0 Å². The third-order valence-electron chi connectivity index (χ3n) is 4.66. The molecule has 2 aromatic rings. The van der Waals surface area contributed by atoms with Crippen LogP contribution in [-0.2, 0) is 9.59 Å². The van der Waals surface area contributed by atoms with Gasteiger partial charge in [-0.25, -0.2) is 0 Å². The number of hydrogen-bond donors (Lipinski definition) is 1. The van der Waals surface area contributed by atoms with Gasteiger partial charge in [0.25, 0.3) is 11.8 Å². The molecule has 7 nitrogen and oxygen atoms in total. The van der Waals surface area contributed by atoms with Crippen LogP contribution in [0.15, 0.2) is 48.5 Å². The predicted molar refractivity (Wildman–Crippen MR) is 110 cm³/mol. The summed E-state index contributed by atoms with van der Waals surface area (Å²) in [5.41, 5.74) is 1.12. The summed E-state index contributed by atoms with van der Waals surface area (Å²) in [5, 5.41) is 3.36. The number of ether oxygens (including phenoxy) is 1. The van der Waals surface area contributed by atoms with E-state index in [-0.39, 0.29) is 24.3 Å². The number of nitrogens with zero attached hydrogens (tertiary/aromatic N) is 2. The maximum atomic E-state index is 12.3. The molecule has 3 rings (SSSR count). The Kier molecular flexibility index (Phi) is 6.72. The molecule has 0 aliphatic carbocycles. The van der Waals surface area contributed by atoms with Gasteiger partial charge in [0.1, 0.15) is 5.75 Å². The second-order valence-electron chi connectivity index (χ2n) is 6.66. The zero-order valence-corrected chi connectivity index (χ0v) is 16.8. The highest BCUT2D eigenvalue weighted by atomic mass is 35.5. The summed E-state index contributed by atoms with van der Waals surface area (Å²) in [6.07, 6.45) is 0. The summed E-state index contributed by atoms with van der Waals surface area (Å²) in [4.78, 5) is 39.2. The van der Waals surface area contributed by atoms with E-state index in [1.165, 1.54) is 6.92 Å². The van der Waals surface area contributed by atoms with E-state index in [0.717, 1.165) is 0 Å². The number of rotatable bonds is 5. The fraction of sp³-hybridized carbons (Fsp3) is 0.286. The average molecular weight is 416 g/mol. The van der Waals surface area contributed by atoms with Crippen molar-refractivity contribution in [2.24, 2.45) is 0 Å². The first-order valence-electron chi connectivity index (χ1n) is 9.25. The quantitative estimate of drug-likeness (QED) is 0.814. The van der Waals surface area contributed by atoms with E-state index in [4.69, 9.17) is 16.3 Å². The molecule has 3 amide bonds. The molecule has 0 unspecified atom stereocenters. The van der Waals surface area contributed by atoms with Crippen LogP contribution in [-0.4, -0.2) is 60.3 Å². The largest absolute Gasteiger partial charge is 0.484 e. The Bertz CT molecular complexity index is 876. The van der Waals surface area contributed by atoms with E-state index >= 15 is 0 Å². The number of carbonyl (C=O) groups is 3. The highest BCUT2D eigenvalue weighted by Gasteiger charge is 2.22. The predicted octanol–water partition coefficient (Wildman–Crippen LogP) is 2.66. The standard InChI is InChI=1S/C21H22ClN3O4/c1-15(26)24-10-12-25(13-11-24)20(27)14-29-19-8-6-18(7-9-19)23-21(28)16-2-4-17(22)5-3-16/h2-9H,10-14H2,1H3,(H,23,28). The van der Waals surface area contributed by atoms with Gasteiger partial charge in [-0.2, -0.15) is 0 Å². The molecule has 29 heavy (non-hydrogen) atoms. The summed E-state index contributed by atoms with van der Waals surface area (Å²) in [5.74, 6) is 0.199. The third-order valence-corrected chi connectivity index (χ3v) is 4.91. The number of halogens is 1. The van der Waals surface area contributed by atoms with Gasteiger partial charge in [0.2, 0.25) is 5.91 Å². The number of anilines is 1. The van der Waals surface area contributed by atoms with Gasteiger partial charge < -0.3 is 19.9 Å². The Labute approximate surface area is 174 Å². The Morgan fingerprint density at radius 3 is 2.10 bits per heavy atom. The van der Waals surface area contributed by atoms with E-state index in [1.54, 1.807) is 58.3 Å². The highest BCUT2D eigenvalue weighted by molar-refractivity contribution is 6.30. The zero-order valence-electron chi connectivity index (χ0n) is 16.1. The Balaban J connectivity index is 1.47. The number of benzene rings is 2. The maximum Gasteiger partial charge on any atom is 0.260 e. The number of piperazine rings is 1. The summed E-state index contributed by atoms with van der Waals surface area (Å²) in [6.45, 7) is 3.57. The molecule has 152 valence electrons. The minimum absolute atomic E-state index is 0.0246. The molecule has 1 saturated heterocycles.